The molecule has 1 aliphatic rings. The molecule has 0 spiro atoms. The Bertz CT molecular complexity index is 934. The number of urea groups is 1. The van der Waals surface area contributed by atoms with Crippen LogP contribution in [0.3, 0.4) is 0 Å². The minimum atomic E-state index is -0.294. The summed E-state index contributed by atoms with van der Waals surface area (Å²) in [7, 11) is 1.75. The quantitative estimate of drug-likeness (QED) is 0.736. The van der Waals surface area contributed by atoms with E-state index in [0.29, 0.717) is 30.8 Å². The van der Waals surface area contributed by atoms with Crippen LogP contribution in [0.5, 0.6) is 0 Å². The second-order valence-corrected chi connectivity index (χ2v) is 6.50. The maximum absolute atomic E-state index is 12.5. The molecule has 2 N–H and O–H groups in total. The van der Waals surface area contributed by atoms with Crippen LogP contribution in [0.2, 0.25) is 0 Å². The third kappa shape index (κ3) is 3.38. The lowest BCUT2D eigenvalue weighted by Gasteiger charge is -2.18. The van der Waals surface area contributed by atoms with Crippen molar-refractivity contribution in [3.05, 3.63) is 35.7 Å². The van der Waals surface area contributed by atoms with Gasteiger partial charge in [-0.3, -0.25) is 0 Å². The van der Waals surface area contributed by atoms with Gasteiger partial charge in [-0.1, -0.05) is 11.2 Å². The fraction of sp³-hybridized carbons (Fsp3) is 0.412. The van der Waals surface area contributed by atoms with Crippen molar-refractivity contribution in [2.45, 2.75) is 19.4 Å². The van der Waals surface area contributed by atoms with Crippen LogP contribution in [0.4, 0.5) is 10.5 Å². The molecule has 0 aliphatic carbocycles. The van der Waals surface area contributed by atoms with E-state index < -0.39 is 0 Å². The van der Waals surface area contributed by atoms with Gasteiger partial charge < -0.3 is 19.9 Å². The molecule has 1 aliphatic heterocycles. The summed E-state index contributed by atoms with van der Waals surface area (Å²) in [5.41, 5.74) is 2.85. The molecule has 2 atom stereocenters. The van der Waals surface area contributed by atoms with Crippen molar-refractivity contribution in [1.29, 1.82) is 0 Å². The number of aromatic nitrogens is 4. The van der Waals surface area contributed by atoms with Crippen molar-refractivity contribution < 1.29 is 14.1 Å². The van der Waals surface area contributed by atoms with E-state index in [4.69, 9.17) is 9.26 Å². The standard InChI is InChI=1S/C17H20N6O3/c1-10-6-12(26-22-10)7-11-8-25-9-15(11)19-17(24)18-13-4-3-5-14-16(13)21-23(2)20-14/h3-6,11,15H,7-9H2,1-2H3,(H2,18,19,24)/t11-,15+/m1/s1. The molecule has 0 saturated carbocycles. The van der Waals surface area contributed by atoms with E-state index in [2.05, 4.69) is 26.0 Å². The number of amides is 2. The summed E-state index contributed by atoms with van der Waals surface area (Å²) in [4.78, 5) is 13.9. The van der Waals surface area contributed by atoms with Crippen molar-refractivity contribution in [2.24, 2.45) is 13.0 Å². The van der Waals surface area contributed by atoms with Crippen LogP contribution in [0.1, 0.15) is 11.5 Å². The van der Waals surface area contributed by atoms with Crippen molar-refractivity contribution in [3.63, 3.8) is 0 Å². The Balaban J connectivity index is 1.42. The Hall–Kier alpha value is -2.94. The molecule has 26 heavy (non-hydrogen) atoms. The fourth-order valence-corrected chi connectivity index (χ4v) is 3.20. The minimum absolute atomic E-state index is 0.0959. The first-order chi connectivity index (χ1) is 12.6. The van der Waals surface area contributed by atoms with Gasteiger partial charge in [0.05, 0.1) is 30.6 Å². The molecule has 2 aromatic heterocycles. The summed E-state index contributed by atoms with van der Waals surface area (Å²) in [6, 6.07) is 7.01. The SMILES string of the molecule is Cc1cc(C[C@@H]2COC[C@@H]2NC(=O)Nc2cccc3nn(C)nc23)on1. The van der Waals surface area contributed by atoms with Gasteiger partial charge in [-0.2, -0.15) is 15.0 Å². The van der Waals surface area contributed by atoms with Crippen molar-refractivity contribution in [2.75, 3.05) is 18.5 Å². The Kier molecular flexibility index (Phi) is 4.29. The van der Waals surface area contributed by atoms with E-state index >= 15 is 0 Å². The number of hydrogen-bond donors (Lipinski definition) is 2. The zero-order valence-corrected chi connectivity index (χ0v) is 14.6. The molecular weight excluding hydrogens is 336 g/mol. The molecule has 0 unspecified atom stereocenters. The summed E-state index contributed by atoms with van der Waals surface area (Å²) in [6.07, 6.45) is 0.672. The Morgan fingerprint density at radius 2 is 2.23 bits per heavy atom. The summed E-state index contributed by atoms with van der Waals surface area (Å²) in [6.45, 7) is 2.93. The lowest BCUT2D eigenvalue weighted by Crippen LogP contribution is -2.42. The third-order valence-electron chi connectivity index (χ3n) is 4.42. The number of fused-ring (bicyclic) bond motifs is 1. The lowest BCUT2D eigenvalue weighted by atomic mass is 9.98. The van der Waals surface area contributed by atoms with Crippen molar-refractivity contribution in [1.82, 2.24) is 25.5 Å². The molecule has 0 bridgehead atoms. The van der Waals surface area contributed by atoms with Crippen LogP contribution in [-0.2, 0) is 18.2 Å². The van der Waals surface area contributed by atoms with E-state index in [1.165, 1.54) is 4.80 Å². The molecule has 1 saturated heterocycles. The number of ether oxygens (including phenoxy) is 1. The molecule has 136 valence electrons. The highest BCUT2D eigenvalue weighted by Crippen LogP contribution is 2.21. The number of nitrogens with one attached hydrogen (secondary N) is 2. The molecule has 4 rings (SSSR count). The maximum atomic E-state index is 12.5. The number of aryl methyl sites for hydroxylation is 2. The normalized spacial score (nSPS) is 19.8. The molecular formula is C17H20N6O3. The van der Waals surface area contributed by atoms with Gasteiger partial charge in [-0.05, 0) is 19.1 Å². The lowest BCUT2D eigenvalue weighted by molar-refractivity contribution is 0.181. The molecule has 2 amide bonds. The van der Waals surface area contributed by atoms with Gasteiger partial charge in [0.2, 0.25) is 0 Å². The second-order valence-electron chi connectivity index (χ2n) is 6.50. The van der Waals surface area contributed by atoms with Crippen LogP contribution in [-0.4, -0.2) is 45.4 Å². The van der Waals surface area contributed by atoms with Crippen LogP contribution in [0, 0.1) is 12.8 Å². The highest BCUT2D eigenvalue weighted by Gasteiger charge is 2.31. The smallest absolute Gasteiger partial charge is 0.319 e. The van der Waals surface area contributed by atoms with Gasteiger partial charge in [0.15, 0.2) is 0 Å². The highest BCUT2D eigenvalue weighted by atomic mass is 16.5. The Morgan fingerprint density at radius 3 is 3.04 bits per heavy atom. The summed E-state index contributed by atoms with van der Waals surface area (Å²) in [5.74, 6) is 0.940. The van der Waals surface area contributed by atoms with Gasteiger partial charge in [0.25, 0.3) is 0 Å². The molecule has 1 fully saturated rings. The maximum Gasteiger partial charge on any atom is 0.319 e. The topological polar surface area (TPSA) is 107 Å². The first-order valence-electron chi connectivity index (χ1n) is 8.46. The number of anilines is 1. The summed E-state index contributed by atoms with van der Waals surface area (Å²) in [5, 5.41) is 18.3. The molecule has 9 heteroatoms. The fourth-order valence-electron chi connectivity index (χ4n) is 3.20. The second kappa shape index (κ2) is 6.75. The number of nitrogens with zero attached hydrogens (tertiary/aromatic N) is 4. The van der Waals surface area contributed by atoms with Crippen LogP contribution in [0.25, 0.3) is 11.0 Å². The average Bonchev–Trinajstić information content (AvgIpc) is 3.29. The third-order valence-corrected chi connectivity index (χ3v) is 4.42. The van der Waals surface area contributed by atoms with E-state index in [1.54, 1.807) is 13.1 Å². The molecule has 3 heterocycles. The molecule has 9 nitrogen and oxygen atoms in total. The predicted octanol–water partition coefficient (Wildman–Crippen LogP) is 1.64. The van der Waals surface area contributed by atoms with Crippen LogP contribution < -0.4 is 10.6 Å². The first-order valence-corrected chi connectivity index (χ1v) is 8.46. The molecule has 0 radical (unpaired) electrons. The zero-order valence-electron chi connectivity index (χ0n) is 14.6. The van der Waals surface area contributed by atoms with Gasteiger partial charge in [-0.15, -0.1) is 0 Å². The van der Waals surface area contributed by atoms with E-state index in [9.17, 15) is 4.79 Å². The number of carbonyl (C=O) groups is 1. The number of carbonyl (C=O) groups excluding carboxylic acids is 1. The summed E-state index contributed by atoms with van der Waals surface area (Å²) < 4.78 is 10.8. The predicted molar refractivity (Wildman–Crippen MR) is 93.7 cm³/mol. The highest BCUT2D eigenvalue weighted by molar-refractivity contribution is 5.98. The average molecular weight is 356 g/mol. The number of benzene rings is 1. The van der Waals surface area contributed by atoms with Gasteiger partial charge in [0, 0.05) is 25.5 Å². The van der Waals surface area contributed by atoms with E-state index in [1.807, 2.05) is 25.1 Å². The van der Waals surface area contributed by atoms with Gasteiger partial charge in [0.1, 0.15) is 16.8 Å². The largest absolute Gasteiger partial charge is 0.379 e. The van der Waals surface area contributed by atoms with Crippen LogP contribution in [0.15, 0.2) is 28.8 Å². The number of hydrogen-bond acceptors (Lipinski definition) is 6. The Morgan fingerprint density at radius 1 is 1.35 bits per heavy atom. The van der Waals surface area contributed by atoms with Crippen molar-refractivity contribution >= 4 is 22.8 Å². The first kappa shape index (κ1) is 16.5. The monoisotopic (exact) mass is 356 g/mol. The van der Waals surface area contributed by atoms with E-state index in [-0.39, 0.29) is 18.0 Å². The Labute approximate surface area is 149 Å². The van der Waals surface area contributed by atoms with Crippen molar-refractivity contribution in [3.8, 4) is 0 Å². The molecule has 3 aromatic rings. The molecule has 1 aromatic carbocycles. The van der Waals surface area contributed by atoms with Gasteiger partial charge >= 0.3 is 6.03 Å². The van der Waals surface area contributed by atoms with E-state index in [0.717, 1.165) is 17.0 Å². The summed E-state index contributed by atoms with van der Waals surface area (Å²) >= 11 is 0. The minimum Gasteiger partial charge on any atom is -0.379 e. The van der Waals surface area contributed by atoms with Crippen LogP contribution >= 0.6 is 0 Å². The van der Waals surface area contributed by atoms with Gasteiger partial charge in [-0.25, -0.2) is 4.79 Å². The number of rotatable bonds is 4. The zero-order chi connectivity index (χ0) is 18.1.